The number of rotatable bonds is 5. The van der Waals surface area contributed by atoms with Gasteiger partial charge in [-0.05, 0) is 69.1 Å². The first kappa shape index (κ1) is 15.4. The molecule has 4 bridgehead atoms. The lowest BCUT2D eigenvalue weighted by Gasteiger charge is -2.63. The van der Waals surface area contributed by atoms with Crippen LogP contribution in [0.5, 0.6) is 0 Å². The minimum absolute atomic E-state index is 0.00875. The largest absolute Gasteiger partial charge is 0.458 e. The lowest BCUT2D eigenvalue weighted by Crippen LogP contribution is -2.59. The Labute approximate surface area is 130 Å². The van der Waals surface area contributed by atoms with E-state index in [0.717, 1.165) is 30.6 Å². The summed E-state index contributed by atoms with van der Waals surface area (Å²) < 4.78 is 6.24. The summed E-state index contributed by atoms with van der Waals surface area (Å²) in [6.07, 6.45) is 10.2. The van der Waals surface area contributed by atoms with Crippen molar-refractivity contribution in [1.29, 1.82) is 0 Å². The molecule has 0 aromatic carbocycles. The van der Waals surface area contributed by atoms with Crippen molar-refractivity contribution in [2.45, 2.75) is 84.7 Å². The Hall–Kier alpha value is -0.530. The number of hydrogen-bond acceptors (Lipinski definition) is 2. The Morgan fingerprint density at radius 3 is 1.81 bits per heavy atom. The van der Waals surface area contributed by atoms with Gasteiger partial charge in [0.25, 0.3) is 0 Å². The molecule has 21 heavy (non-hydrogen) atoms. The highest BCUT2D eigenvalue weighted by molar-refractivity contribution is 5.72. The van der Waals surface area contributed by atoms with Crippen LogP contribution < -0.4 is 0 Å². The fourth-order valence-corrected chi connectivity index (χ4v) is 6.23. The molecule has 4 saturated carbocycles. The Bertz CT molecular complexity index is 371. The van der Waals surface area contributed by atoms with Gasteiger partial charge in [0.1, 0.15) is 5.60 Å². The van der Waals surface area contributed by atoms with Crippen LogP contribution in [-0.2, 0) is 9.53 Å². The molecule has 4 aliphatic carbocycles. The van der Waals surface area contributed by atoms with E-state index >= 15 is 0 Å². The average molecular weight is 292 g/mol. The van der Waals surface area contributed by atoms with E-state index in [1.165, 1.54) is 38.5 Å². The number of carbonyl (C=O) groups is 1. The lowest BCUT2D eigenvalue weighted by molar-refractivity contribution is -0.214. The van der Waals surface area contributed by atoms with E-state index in [1.54, 1.807) is 0 Å². The molecule has 0 N–H and O–H groups in total. The van der Waals surface area contributed by atoms with Crippen LogP contribution >= 0.6 is 0 Å². The monoisotopic (exact) mass is 292 g/mol. The first-order valence-electron chi connectivity index (χ1n) is 9.16. The van der Waals surface area contributed by atoms with Gasteiger partial charge in [-0.15, -0.1) is 0 Å². The molecule has 0 aromatic heterocycles. The zero-order valence-electron chi connectivity index (χ0n) is 14.3. The van der Waals surface area contributed by atoms with Crippen molar-refractivity contribution in [2.24, 2.45) is 29.1 Å². The van der Waals surface area contributed by atoms with Gasteiger partial charge >= 0.3 is 5.97 Å². The van der Waals surface area contributed by atoms with Gasteiger partial charge in [0.15, 0.2) is 0 Å². The molecule has 4 aliphatic rings. The van der Waals surface area contributed by atoms with Crippen LogP contribution in [0.4, 0.5) is 0 Å². The van der Waals surface area contributed by atoms with Crippen molar-refractivity contribution in [1.82, 2.24) is 0 Å². The standard InChI is InChI=1S/C19H32O2/c1-5-19(6-2,21-17(20)13(3)4)18-10-14-7-15(11-18)9-16(8-14)12-18/h13-16H,5-12H2,1-4H3. The van der Waals surface area contributed by atoms with Crippen LogP contribution in [0.3, 0.4) is 0 Å². The summed E-state index contributed by atoms with van der Waals surface area (Å²) in [5, 5.41) is 0. The molecule has 0 radical (unpaired) electrons. The maximum atomic E-state index is 12.3. The first-order chi connectivity index (χ1) is 9.93. The molecular weight excluding hydrogens is 260 g/mol. The molecule has 0 atom stereocenters. The number of hydrogen-bond donors (Lipinski definition) is 0. The van der Waals surface area contributed by atoms with E-state index in [0.29, 0.717) is 0 Å². The van der Waals surface area contributed by atoms with Gasteiger partial charge in [-0.3, -0.25) is 4.79 Å². The van der Waals surface area contributed by atoms with Crippen LogP contribution in [0.1, 0.15) is 79.1 Å². The van der Waals surface area contributed by atoms with Gasteiger partial charge in [-0.1, -0.05) is 27.7 Å². The van der Waals surface area contributed by atoms with E-state index in [-0.39, 0.29) is 22.9 Å². The predicted molar refractivity (Wildman–Crippen MR) is 84.8 cm³/mol. The van der Waals surface area contributed by atoms with Gasteiger partial charge in [-0.2, -0.15) is 0 Å². The van der Waals surface area contributed by atoms with Gasteiger partial charge in [-0.25, -0.2) is 0 Å². The predicted octanol–water partition coefficient (Wildman–Crippen LogP) is 4.96. The molecule has 2 nitrogen and oxygen atoms in total. The molecule has 120 valence electrons. The van der Waals surface area contributed by atoms with E-state index in [2.05, 4.69) is 13.8 Å². The number of esters is 1. The highest BCUT2D eigenvalue weighted by Crippen LogP contribution is 2.65. The fourth-order valence-electron chi connectivity index (χ4n) is 6.23. The smallest absolute Gasteiger partial charge is 0.308 e. The summed E-state index contributed by atoms with van der Waals surface area (Å²) in [5.74, 6) is 2.72. The zero-order valence-corrected chi connectivity index (χ0v) is 14.3. The topological polar surface area (TPSA) is 26.3 Å². The number of carbonyl (C=O) groups excluding carboxylic acids is 1. The quantitative estimate of drug-likeness (QED) is 0.669. The lowest BCUT2D eigenvalue weighted by atomic mass is 9.44. The summed E-state index contributed by atoms with van der Waals surface area (Å²) >= 11 is 0. The van der Waals surface area contributed by atoms with Crippen LogP contribution in [0.15, 0.2) is 0 Å². The van der Waals surface area contributed by atoms with E-state index in [1.807, 2.05) is 13.8 Å². The van der Waals surface area contributed by atoms with Crippen LogP contribution in [0, 0.1) is 29.1 Å². The Morgan fingerprint density at radius 2 is 1.48 bits per heavy atom. The average Bonchev–Trinajstić information content (AvgIpc) is 2.42. The molecule has 0 aliphatic heterocycles. The van der Waals surface area contributed by atoms with Crippen LogP contribution in [-0.4, -0.2) is 11.6 Å². The SMILES string of the molecule is CCC(CC)(OC(=O)C(C)C)C12CC3CC(CC(C3)C1)C2. The summed E-state index contributed by atoms with van der Waals surface area (Å²) in [6.45, 7) is 8.38. The maximum absolute atomic E-state index is 12.3. The summed E-state index contributed by atoms with van der Waals surface area (Å²) in [4.78, 5) is 12.3. The minimum atomic E-state index is -0.204. The minimum Gasteiger partial charge on any atom is -0.458 e. The van der Waals surface area contributed by atoms with Crippen LogP contribution in [0.2, 0.25) is 0 Å². The van der Waals surface area contributed by atoms with Gasteiger partial charge in [0.05, 0.1) is 5.92 Å². The molecule has 4 fully saturated rings. The third-order valence-electron chi connectivity index (χ3n) is 6.91. The summed E-state index contributed by atoms with van der Waals surface area (Å²) in [6, 6.07) is 0. The summed E-state index contributed by atoms with van der Waals surface area (Å²) in [5.41, 5.74) is 0.0835. The normalized spacial score (nSPS) is 38.0. The fraction of sp³-hybridized carbons (Fsp3) is 0.947. The van der Waals surface area contributed by atoms with Crippen LogP contribution in [0.25, 0.3) is 0 Å². The molecule has 2 heteroatoms. The second kappa shape index (κ2) is 5.28. The van der Waals surface area contributed by atoms with E-state index < -0.39 is 0 Å². The van der Waals surface area contributed by atoms with Gasteiger partial charge in [0, 0.05) is 5.41 Å². The van der Waals surface area contributed by atoms with Crippen molar-refractivity contribution in [2.75, 3.05) is 0 Å². The van der Waals surface area contributed by atoms with E-state index in [4.69, 9.17) is 4.74 Å². The highest BCUT2D eigenvalue weighted by atomic mass is 16.6. The third-order valence-corrected chi connectivity index (χ3v) is 6.91. The Kier molecular flexibility index (Phi) is 3.86. The van der Waals surface area contributed by atoms with Crippen molar-refractivity contribution in [3.63, 3.8) is 0 Å². The van der Waals surface area contributed by atoms with Crippen molar-refractivity contribution >= 4 is 5.97 Å². The van der Waals surface area contributed by atoms with Gasteiger partial charge in [0.2, 0.25) is 0 Å². The first-order valence-corrected chi connectivity index (χ1v) is 9.16. The zero-order chi connectivity index (χ0) is 15.3. The maximum Gasteiger partial charge on any atom is 0.308 e. The molecule has 0 saturated heterocycles. The Morgan fingerprint density at radius 1 is 1.05 bits per heavy atom. The second-order valence-electron chi connectivity index (χ2n) is 8.48. The van der Waals surface area contributed by atoms with Crippen molar-refractivity contribution in [3.05, 3.63) is 0 Å². The van der Waals surface area contributed by atoms with E-state index in [9.17, 15) is 4.79 Å². The molecule has 0 unspecified atom stereocenters. The highest BCUT2D eigenvalue weighted by Gasteiger charge is 2.60. The molecule has 0 amide bonds. The molecule has 0 aromatic rings. The van der Waals surface area contributed by atoms with Crippen molar-refractivity contribution in [3.8, 4) is 0 Å². The third kappa shape index (κ3) is 2.33. The molecule has 0 heterocycles. The van der Waals surface area contributed by atoms with Gasteiger partial charge < -0.3 is 4.74 Å². The molecule has 4 rings (SSSR count). The molecular formula is C19H32O2. The Balaban J connectivity index is 1.91. The second-order valence-corrected chi connectivity index (χ2v) is 8.48. The molecule has 0 spiro atoms. The van der Waals surface area contributed by atoms with Crippen molar-refractivity contribution < 1.29 is 9.53 Å². The number of ether oxygens (including phenoxy) is 1. The summed E-state index contributed by atoms with van der Waals surface area (Å²) in [7, 11) is 0.